The van der Waals surface area contributed by atoms with Crippen molar-refractivity contribution in [1.82, 2.24) is 10.0 Å². The fourth-order valence-corrected chi connectivity index (χ4v) is 6.31. The molecule has 1 fully saturated rings. The maximum absolute atomic E-state index is 12.5. The van der Waals surface area contributed by atoms with Gasteiger partial charge >= 0.3 is 0 Å². The summed E-state index contributed by atoms with van der Waals surface area (Å²) in [5.74, 6) is 2.03. The van der Waals surface area contributed by atoms with Crippen LogP contribution < -0.4 is 10.0 Å². The first-order valence-corrected chi connectivity index (χ1v) is 10.9. The highest BCUT2D eigenvalue weighted by Crippen LogP contribution is 2.27. The molecule has 0 bridgehead atoms. The van der Waals surface area contributed by atoms with Gasteiger partial charge in [0.25, 0.3) is 0 Å². The van der Waals surface area contributed by atoms with E-state index in [0.717, 1.165) is 54.3 Å². The van der Waals surface area contributed by atoms with Crippen LogP contribution in [-0.2, 0) is 16.6 Å². The second-order valence-electron chi connectivity index (χ2n) is 5.38. The van der Waals surface area contributed by atoms with Crippen LogP contribution in [0.3, 0.4) is 0 Å². The van der Waals surface area contributed by atoms with Crippen molar-refractivity contribution in [3.63, 3.8) is 0 Å². The first-order valence-electron chi connectivity index (χ1n) is 7.43. The SMILES string of the molecule is CCCNCc1sc(S(=O)(=O)NC2CCCSC2)cc1C. The van der Waals surface area contributed by atoms with Crippen molar-refractivity contribution in [3.8, 4) is 0 Å². The molecule has 1 aliphatic rings. The summed E-state index contributed by atoms with van der Waals surface area (Å²) in [6.07, 6.45) is 3.12. The van der Waals surface area contributed by atoms with Crippen LogP contribution in [0.15, 0.2) is 10.3 Å². The van der Waals surface area contributed by atoms with Gasteiger partial charge in [-0.15, -0.1) is 11.3 Å². The molecule has 1 atom stereocenters. The monoisotopic (exact) mass is 348 g/mol. The first-order chi connectivity index (χ1) is 10.0. The van der Waals surface area contributed by atoms with Gasteiger partial charge in [0.2, 0.25) is 10.0 Å². The van der Waals surface area contributed by atoms with Gasteiger partial charge in [0.05, 0.1) is 0 Å². The molecule has 2 rings (SSSR count). The van der Waals surface area contributed by atoms with Crippen molar-refractivity contribution < 1.29 is 8.42 Å². The summed E-state index contributed by atoms with van der Waals surface area (Å²) >= 11 is 3.21. The number of hydrogen-bond acceptors (Lipinski definition) is 5. The average molecular weight is 349 g/mol. The number of rotatable bonds is 7. The van der Waals surface area contributed by atoms with Gasteiger partial charge in [-0.2, -0.15) is 11.8 Å². The van der Waals surface area contributed by atoms with Gasteiger partial charge in [0.1, 0.15) is 4.21 Å². The van der Waals surface area contributed by atoms with Gasteiger partial charge in [0.15, 0.2) is 0 Å². The van der Waals surface area contributed by atoms with Gasteiger partial charge in [-0.25, -0.2) is 13.1 Å². The van der Waals surface area contributed by atoms with Crippen molar-refractivity contribution in [2.45, 2.75) is 49.9 Å². The predicted molar refractivity (Wildman–Crippen MR) is 91.7 cm³/mol. The Kier molecular flexibility index (Phi) is 6.55. The summed E-state index contributed by atoms with van der Waals surface area (Å²) in [7, 11) is -3.36. The maximum Gasteiger partial charge on any atom is 0.250 e. The molecule has 1 unspecified atom stereocenters. The van der Waals surface area contributed by atoms with Crippen LogP contribution in [0.2, 0.25) is 0 Å². The topological polar surface area (TPSA) is 58.2 Å². The lowest BCUT2D eigenvalue weighted by molar-refractivity contribution is 0.545. The minimum Gasteiger partial charge on any atom is -0.312 e. The molecule has 1 saturated heterocycles. The van der Waals surface area contributed by atoms with E-state index >= 15 is 0 Å². The molecule has 0 amide bonds. The van der Waals surface area contributed by atoms with Crippen LogP contribution in [0, 0.1) is 6.92 Å². The number of sulfonamides is 1. The smallest absolute Gasteiger partial charge is 0.250 e. The first kappa shape index (κ1) is 17.3. The van der Waals surface area contributed by atoms with Gasteiger partial charge in [-0.1, -0.05) is 6.92 Å². The Hall–Kier alpha value is -0.0800. The highest BCUT2D eigenvalue weighted by Gasteiger charge is 2.24. The van der Waals surface area contributed by atoms with Crippen LogP contribution in [0.4, 0.5) is 0 Å². The van der Waals surface area contributed by atoms with E-state index in [1.54, 1.807) is 6.07 Å². The maximum atomic E-state index is 12.5. The number of aryl methyl sites for hydroxylation is 1. The van der Waals surface area contributed by atoms with Crippen LogP contribution in [-0.4, -0.2) is 32.5 Å². The molecule has 21 heavy (non-hydrogen) atoms. The van der Waals surface area contributed by atoms with Gasteiger partial charge in [-0.05, 0) is 50.1 Å². The van der Waals surface area contributed by atoms with Crippen molar-refractivity contribution in [1.29, 1.82) is 0 Å². The Morgan fingerprint density at radius 3 is 2.90 bits per heavy atom. The molecule has 2 heterocycles. The Bertz CT molecular complexity index is 549. The minimum absolute atomic E-state index is 0.0813. The van der Waals surface area contributed by atoms with Gasteiger partial charge in [-0.3, -0.25) is 0 Å². The summed E-state index contributed by atoms with van der Waals surface area (Å²) in [5.41, 5.74) is 1.06. The van der Waals surface area contributed by atoms with Crippen LogP contribution >= 0.6 is 23.1 Å². The summed E-state index contributed by atoms with van der Waals surface area (Å²) in [4.78, 5) is 1.11. The lowest BCUT2D eigenvalue weighted by Crippen LogP contribution is -2.37. The second kappa shape index (κ2) is 7.97. The lowest BCUT2D eigenvalue weighted by Gasteiger charge is -2.21. The molecule has 0 aliphatic carbocycles. The van der Waals surface area contributed by atoms with E-state index in [2.05, 4.69) is 17.0 Å². The second-order valence-corrected chi connectivity index (χ2v) is 9.61. The number of thiophene rings is 1. The Morgan fingerprint density at radius 1 is 1.43 bits per heavy atom. The Balaban J connectivity index is 2.03. The van der Waals surface area contributed by atoms with Crippen molar-refractivity contribution >= 4 is 33.1 Å². The predicted octanol–water partition coefficient (Wildman–Crippen LogP) is 2.73. The van der Waals surface area contributed by atoms with E-state index in [4.69, 9.17) is 0 Å². The van der Waals surface area contributed by atoms with Gasteiger partial charge < -0.3 is 5.32 Å². The molecule has 1 aliphatic heterocycles. The molecule has 4 nitrogen and oxygen atoms in total. The molecule has 0 spiro atoms. The fraction of sp³-hybridized carbons (Fsp3) is 0.714. The third kappa shape index (κ3) is 4.96. The zero-order valence-electron chi connectivity index (χ0n) is 12.6. The van der Waals surface area contributed by atoms with E-state index in [0.29, 0.717) is 4.21 Å². The molecule has 7 heteroatoms. The molecular weight excluding hydrogens is 324 g/mol. The third-order valence-corrected chi connectivity index (χ3v) is 7.90. The van der Waals surface area contributed by atoms with E-state index in [1.165, 1.54) is 11.3 Å². The average Bonchev–Trinajstić information content (AvgIpc) is 2.82. The highest BCUT2D eigenvalue weighted by atomic mass is 32.2. The van der Waals surface area contributed by atoms with Crippen molar-refractivity contribution in [2.75, 3.05) is 18.1 Å². The molecule has 0 aromatic carbocycles. The Labute approximate surface area is 136 Å². The van der Waals surface area contributed by atoms with E-state index < -0.39 is 10.0 Å². The molecule has 1 aromatic rings. The summed E-state index contributed by atoms with van der Waals surface area (Å²) in [6, 6.07) is 1.88. The van der Waals surface area contributed by atoms with Crippen molar-refractivity contribution in [3.05, 3.63) is 16.5 Å². The van der Waals surface area contributed by atoms with Gasteiger partial charge in [0, 0.05) is 23.2 Å². The van der Waals surface area contributed by atoms with E-state index in [-0.39, 0.29) is 6.04 Å². The molecule has 0 radical (unpaired) electrons. The number of hydrogen-bond donors (Lipinski definition) is 2. The standard InChI is InChI=1S/C14H24N2O2S3/c1-3-6-15-9-13-11(2)8-14(20-13)21(17,18)16-12-5-4-7-19-10-12/h8,12,15-16H,3-7,9-10H2,1-2H3. The molecule has 1 aromatic heterocycles. The van der Waals surface area contributed by atoms with E-state index in [1.807, 2.05) is 18.7 Å². The summed E-state index contributed by atoms with van der Waals surface area (Å²) in [6.45, 7) is 5.81. The minimum atomic E-state index is -3.36. The normalized spacial score (nSPS) is 19.8. The zero-order valence-corrected chi connectivity index (χ0v) is 15.1. The zero-order chi connectivity index (χ0) is 15.3. The summed E-state index contributed by atoms with van der Waals surface area (Å²) < 4.78 is 28.2. The molecule has 0 saturated carbocycles. The molecule has 120 valence electrons. The quantitative estimate of drug-likeness (QED) is 0.744. The third-order valence-electron chi connectivity index (χ3n) is 3.46. The highest BCUT2D eigenvalue weighted by molar-refractivity contribution is 7.99. The largest absolute Gasteiger partial charge is 0.312 e. The number of nitrogens with one attached hydrogen (secondary N) is 2. The number of thioether (sulfide) groups is 1. The Morgan fingerprint density at radius 2 is 2.24 bits per heavy atom. The summed E-state index contributed by atoms with van der Waals surface area (Å²) in [5, 5.41) is 3.33. The fourth-order valence-electron chi connectivity index (χ4n) is 2.29. The van der Waals surface area contributed by atoms with E-state index in [9.17, 15) is 8.42 Å². The van der Waals surface area contributed by atoms with Crippen LogP contribution in [0.25, 0.3) is 0 Å². The van der Waals surface area contributed by atoms with Crippen LogP contribution in [0.5, 0.6) is 0 Å². The van der Waals surface area contributed by atoms with Crippen LogP contribution in [0.1, 0.15) is 36.6 Å². The van der Waals surface area contributed by atoms with Crippen molar-refractivity contribution in [2.24, 2.45) is 0 Å². The molecule has 2 N–H and O–H groups in total. The molecular formula is C14H24N2O2S3. The lowest BCUT2D eigenvalue weighted by atomic mass is 10.2.